The van der Waals surface area contributed by atoms with E-state index in [0.717, 1.165) is 5.56 Å². The molecule has 13 heteroatoms. The number of sulfonamides is 1. The molecule has 3 amide bonds. The van der Waals surface area contributed by atoms with Crippen molar-refractivity contribution in [3.05, 3.63) is 87.5 Å². The summed E-state index contributed by atoms with van der Waals surface area (Å²) in [6.45, 7) is 14.7. The van der Waals surface area contributed by atoms with E-state index in [2.05, 4.69) is 15.4 Å². The van der Waals surface area contributed by atoms with Gasteiger partial charge in [0.15, 0.2) is 0 Å². The number of nitro groups is 1. The molecule has 264 valence electrons. The van der Waals surface area contributed by atoms with Gasteiger partial charge in [-0.15, -0.1) is 0 Å². The first kappa shape index (κ1) is 40.1. The van der Waals surface area contributed by atoms with Crippen LogP contribution < -0.4 is 15.4 Å². The van der Waals surface area contributed by atoms with Gasteiger partial charge in [0.25, 0.3) is 11.6 Å². The van der Waals surface area contributed by atoms with Crippen molar-refractivity contribution in [1.82, 2.24) is 20.3 Å². The van der Waals surface area contributed by atoms with E-state index < -0.39 is 55.6 Å². The van der Waals surface area contributed by atoms with E-state index in [1.54, 1.807) is 20.2 Å². The van der Waals surface area contributed by atoms with Crippen molar-refractivity contribution in [2.24, 2.45) is 11.3 Å². The van der Waals surface area contributed by atoms with E-state index in [1.807, 2.05) is 78.8 Å². The largest absolute Gasteiger partial charge is 0.342 e. The molecule has 0 saturated heterocycles. The summed E-state index contributed by atoms with van der Waals surface area (Å²) >= 11 is 0. The fourth-order valence-corrected chi connectivity index (χ4v) is 6.52. The molecule has 0 aromatic heterocycles. The first-order chi connectivity index (χ1) is 22.1. The van der Waals surface area contributed by atoms with Crippen molar-refractivity contribution in [3.8, 4) is 0 Å². The number of nitro benzene ring substituents is 1. The summed E-state index contributed by atoms with van der Waals surface area (Å²) in [5, 5.41) is 17.0. The third kappa shape index (κ3) is 10.7. The van der Waals surface area contributed by atoms with Crippen LogP contribution in [0.5, 0.6) is 0 Å². The topological polar surface area (TPSA) is 168 Å². The predicted molar refractivity (Wildman–Crippen MR) is 188 cm³/mol. The molecule has 0 radical (unpaired) electrons. The van der Waals surface area contributed by atoms with Gasteiger partial charge in [-0.1, -0.05) is 97.0 Å². The Labute approximate surface area is 285 Å². The molecule has 3 N–H and O–H groups in total. The Kier molecular flexibility index (Phi) is 13.6. The molecule has 0 spiro atoms. The highest BCUT2D eigenvalue weighted by Gasteiger charge is 2.41. The quantitative estimate of drug-likeness (QED) is 0.143. The van der Waals surface area contributed by atoms with Crippen molar-refractivity contribution in [1.29, 1.82) is 0 Å². The number of amides is 3. The average molecular weight is 686 g/mol. The van der Waals surface area contributed by atoms with Gasteiger partial charge in [0.2, 0.25) is 21.8 Å². The molecule has 0 aliphatic heterocycles. The molecule has 0 bridgehead atoms. The predicted octanol–water partition coefficient (Wildman–Crippen LogP) is 4.11. The molecular formula is C35H51N5O7S. The zero-order chi connectivity index (χ0) is 36.6. The lowest BCUT2D eigenvalue weighted by Crippen LogP contribution is -2.61. The average Bonchev–Trinajstić information content (AvgIpc) is 3.00. The van der Waals surface area contributed by atoms with Crippen molar-refractivity contribution in [2.75, 3.05) is 19.8 Å². The summed E-state index contributed by atoms with van der Waals surface area (Å²) < 4.78 is 27.5. The summed E-state index contributed by atoms with van der Waals surface area (Å²) in [7, 11) is -0.733. The number of non-ortho nitro benzene ring substituents is 1. The Morgan fingerprint density at radius 1 is 0.958 bits per heavy atom. The zero-order valence-electron chi connectivity index (χ0n) is 29.7. The monoisotopic (exact) mass is 685 g/mol. The molecule has 0 aliphatic rings. The fraction of sp³-hybridized carbons (Fsp3) is 0.514. The molecule has 1 unspecified atom stereocenters. The highest BCUT2D eigenvalue weighted by Crippen LogP contribution is 2.29. The second-order valence-corrected chi connectivity index (χ2v) is 15.9. The van der Waals surface area contributed by atoms with E-state index in [1.165, 1.54) is 36.1 Å². The normalized spacial score (nSPS) is 14.5. The van der Waals surface area contributed by atoms with Gasteiger partial charge in [-0.05, 0) is 42.9 Å². The van der Waals surface area contributed by atoms with Gasteiger partial charge in [-0.2, -0.15) is 0 Å². The lowest BCUT2D eigenvalue weighted by molar-refractivity contribution is -0.384. The van der Waals surface area contributed by atoms with Gasteiger partial charge >= 0.3 is 0 Å². The standard InChI is InChI=1S/C35H51N5O7S/c1-23(2)28(22-24(3)31(41)38-48(46,47)21-20-25-16-18-27(19-17-25)40(44)45)39(10)33(43)30(34(4,5)6)37-32(42)29(36-9)35(7,8)26-14-12-11-13-15-26/h11-19,22-23,28-30,36H,20-21H2,1-10H3,(H,37,42)(H,38,41)/b24-22+/t28-,29-,30?/m1/s1. The number of nitrogens with zero attached hydrogens (tertiary/aromatic N) is 2. The molecule has 0 saturated carbocycles. The summed E-state index contributed by atoms with van der Waals surface area (Å²) in [6, 6.07) is 13.0. The van der Waals surface area contributed by atoms with Crippen LogP contribution in [-0.4, -0.2) is 73.9 Å². The summed E-state index contributed by atoms with van der Waals surface area (Å²) in [5.74, 6) is -2.09. The van der Waals surface area contributed by atoms with E-state index in [-0.39, 0.29) is 35.4 Å². The second-order valence-electron chi connectivity index (χ2n) is 14.1. The molecule has 2 rings (SSSR count). The Hall–Kier alpha value is -4.10. The molecule has 3 atom stereocenters. The van der Waals surface area contributed by atoms with Crippen molar-refractivity contribution >= 4 is 33.4 Å². The number of carbonyl (C=O) groups excluding carboxylic acids is 3. The van der Waals surface area contributed by atoms with E-state index >= 15 is 0 Å². The van der Waals surface area contributed by atoms with E-state index in [9.17, 15) is 32.9 Å². The highest BCUT2D eigenvalue weighted by atomic mass is 32.2. The molecular weight excluding hydrogens is 634 g/mol. The van der Waals surface area contributed by atoms with Crippen LogP contribution in [0.25, 0.3) is 0 Å². The van der Waals surface area contributed by atoms with Gasteiger partial charge in [0.1, 0.15) is 6.04 Å². The van der Waals surface area contributed by atoms with Crippen LogP contribution in [0.15, 0.2) is 66.2 Å². The minimum atomic E-state index is -4.04. The van der Waals surface area contributed by atoms with Crippen LogP contribution in [0.4, 0.5) is 5.69 Å². The zero-order valence-corrected chi connectivity index (χ0v) is 30.5. The summed E-state index contributed by atoms with van der Waals surface area (Å²) in [5.41, 5.74) is 0.241. The number of hydrogen-bond acceptors (Lipinski definition) is 8. The fourth-order valence-electron chi connectivity index (χ4n) is 5.47. The first-order valence-electron chi connectivity index (χ1n) is 15.9. The minimum absolute atomic E-state index is 0.0477. The Bertz CT molecular complexity index is 1580. The lowest BCUT2D eigenvalue weighted by atomic mass is 9.76. The molecule has 0 heterocycles. The van der Waals surface area contributed by atoms with Gasteiger partial charge in [-0.3, -0.25) is 24.5 Å². The van der Waals surface area contributed by atoms with Crippen LogP contribution in [0.1, 0.15) is 66.5 Å². The molecule has 48 heavy (non-hydrogen) atoms. The number of benzene rings is 2. The number of nitrogens with one attached hydrogen (secondary N) is 3. The smallest absolute Gasteiger partial charge is 0.269 e. The SMILES string of the molecule is CN[C@H](C(=O)NC(C(=O)N(C)[C@H](/C=C(\C)C(=O)NS(=O)(=O)CCc1ccc([N+](=O)[O-])cc1)C(C)C)C(C)(C)C)C(C)(C)c1ccccc1. The van der Waals surface area contributed by atoms with Crippen LogP contribution in [0.2, 0.25) is 0 Å². The Morgan fingerprint density at radius 2 is 1.52 bits per heavy atom. The molecule has 0 fully saturated rings. The van der Waals surface area contributed by atoms with Gasteiger partial charge in [0, 0.05) is 30.2 Å². The number of aryl methyl sites for hydroxylation is 1. The van der Waals surface area contributed by atoms with Crippen molar-refractivity contribution in [2.45, 2.75) is 85.4 Å². The van der Waals surface area contributed by atoms with Crippen LogP contribution >= 0.6 is 0 Å². The number of rotatable bonds is 15. The third-order valence-corrected chi connectivity index (χ3v) is 9.74. The number of hydrogen-bond donors (Lipinski definition) is 3. The van der Waals surface area contributed by atoms with Crippen molar-refractivity contribution in [3.63, 3.8) is 0 Å². The molecule has 12 nitrogen and oxygen atoms in total. The van der Waals surface area contributed by atoms with Gasteiger partial charge in [-0.25, -0.2) is 13.1 Å². The maximum Gasteiger partial charge on any atom is 0.269 e. The first-order valence-corrected chi connectivity index (χ1v) is 17.5. The molecule has 2 aromatic carbocycles. The van der Waals surface area contributed by atoms with Gasteiger partial charge < -0.3 is 15.5 Å². The van der Waals surface area contributed by atoms with E-state index in [4.69, 9.17) is 0 Å². The molecule has 2 aromatic rings. The minimum Gasteiger partial charge on any atom is -0.342 e. The highest BCUT2D eigenvalue weighted by molar-refractivity contribution is 7.90. The maximum absolute atomic E-state index is 14.1. The van der Waals surface area contributed by atoms with Crippen LogP contribution in [0.3, 0.4) is 0 Å². The molecule has 0 aliphatic carbocycles. The van der Waals surface area contributed by atoms with Gasteiger partial charge in [0.05, 0.1) is 22.8 Å². The number of likely N-dealkylation sites (N-methyl/N-ethyl adjacent to an activating group) is 2. The second kappa shape index (κ2) is 16.3. The summed E-state index contributed by atoms with van der Waals surface area (Å²) in [4.78, 5) is 52.7. The van der Waals surface area contributed by atoms with Crippen LogP contribution in [0, 0.1) is 21.4 Å². The third-order valence-electron chi connectivity index (χ3n) is 8.50. The lowest BCUT2D eigenvalue weighted by Gasteiger charge is -2.40. The maximum atomic E-state index is 14.1. The Balaban J connectivity index is 2.23. The number of carbonyl (C=O) groups is 3. The Morgan fingerprint density at radius 3 is 2.00 bits per heavy atom. The van der Waals surface area contributed by atoms with E-state index in [0.29, 0.717) is 5.56 Å². The summed E-state index contributed by atoms with van der Waals surface area (Å²) in [6.07, 6.45) is 1.60. The van der Waals surface area contributed by atoms with Crippen molar-refractivity contribution < 1.29 is 27.7 Å². The van der Waals surface area contributed by atoms with Crippen LogP contribution in [-0.2, 0) is 36.2 Å².